The van der Waals surface area contributed by atoms with Crippen LogP contribution >= 0.6 is 0 Å². The number of ether oxygens (including phenoxy) is 1. The Bertz CT molecular complexity index is 1450. The number of nitrogen functional groups attached to an aromatic ring is 1. The van der Waals surface area contributed by atoms with Crippen molar-refractivity contribution in [1.29, 1.82) is 0 Å². The van der Waals surface area contributed by atoms with E-state index in [-0.39, 0.29) is 34.8 Å². The van der Waals surface area contributed by atoms with Gasteiger partial charge < -0.3 is 15.5 Å². The molecule has 1 aliphatic rings. The van der Waals surface area contributed by atoms with Gasteiger partial charge in [-0.25, -0.2) is 4.68 Å². The van der Waals surface area contributed by atoms with Crippen molar-refractivity contribution >= 4 is 22.4 Å². The van der Waals surface area contributed by atoms with E-state index in [2.05, 4.69) is 11.9 Å². The number of hydrogen-bond acceptors (Lipinski definition) is 6. The van der Waals surface area contributed by atoms with Gasteiger partial charge in [0, 0.05) is 17.2 Å². The fourth-order valence-corrected chi connectivity index (χ4v) is 4.08. The molecule has 4 aromatic rings. The van der Waals surface area contributed by atoms with Gasteiger partial charge in [0.2, 0.25) is 5.75 Å². The number of fused-ring (bicyclic) bond motifs is 5. The first-order valence-electron chi connectivity index (χ1n) is 9.84. The molecule has 2 aromatic carbocycles. The minimum Gasteiger partial charge on any atom is -0.480 e. The molecule has 9 nitrogen and oxygen atoms in total. The van der Waals surface area contributed by atoms with Crippen LogP contribution in [0.4, 0.5) is 11.5 Å². The molecule has 0 saturated carbocycles. The van der Waals surface area contributed by atoms with E-state index in [9.17, 15) is 14.9 Å². The summed E-state index contributed by atoms with van der Waals surface area (Å²) >= 11 is 0. The van der Waals surface area contributed by atoms with Crippen molar-refractivity contribution in [3.05, 3.63) is 73.7 Å². The van der Waals surface area contributed by atoms with Gasteiger partial charge in [-0.2, -0.15) is 5.10 Å². The SMILES string of the molecule is CCc1ccc(C)c(-n2nc3c4c([nH]c(=O)c3c2N)COc2c-4cccc2[N+](=O)[O-])c1. The lowest BCUT2D eigenvalue weighted by molar-refractivity contribution is -0.385. The molecule has 2 aromatic heterocycles. The van der Waals surface area contributed by atoms with Crippen molar-refractivity contribution in [2.75, 3.05) is 5.73 Å². The highest BCUT2D eigenvalue weighted by Gasteiger charge is 2.30. The standard InChI is InChI=1S/C22H19N5O4/c1-3-12-8-7-11(2)16(9-12)26-21(23)18-19(25-26)17-13-5-4-6-15(27(29)30)20(13)31-10-14(17)24-22(18)28/h4-9H,3,10,23H2,1-2H3,(H,24,28). The second-order valence-corrected chi connectivity index (χ2v) is 7.50. The summed E-state index contributed by atoms with van der Waals surface area (Å²) in [5, 5.41) is 16.4. The van der Waals surface area contributed by atoms with Gasteiger partial charge in [0.1, 0.15) is 23.3 Å². The van der Waals surface area contributed by atoms with Gasteiger partial charge in [-0.1, -0.05) is 25.1 Å². The molecule has 31 heavy (non-hydrogen) atoms. The minimum atomic E-state index is -0.487. The van der Waals surface area contributed by atoms with E-state index in [1.165, 1.54) is 6.07 Å². The zero-order valence-corrected chi connectivity index (χ0v) is 16.9. The maximum Gasteiger partial charge on any atom is 0.311 e. The third kappa shape index (κ3) is 2.70. The van der Waals surface area contributed by atoms with Gasteiger partial charge in [0.05, 0.1) is 16.3 Å². The van der Waals surface area contributed by atoms with E-state index in [1.807, 2.05) is 25.1 Å². The molecule has 5 rings (SSSR count). The number of aromatic amines is 1. The summed E-state index contributed by atoms with van der Waals surface area (Å²) < 4.78 is 7.21. The van der Waals surface area contributed by atoms with Crippen LogP contribution in [0.1, 0.15) is 23.7 Å². The van der Waals surface area contributed by atoms with E-state index < -0.39 is 4.92 Å². The van der Waals surface area contributed by atoms with Crippen molar-refractivity contribution in [3.63, 3.8) is 0 Å². The lowest BCUT2D eigenvalue weighted by atomic mass is 9.98. The van der Waals surface area contributed by atoms with Gasteiger partial charge in [-0.3, -0.25) is 14.9 Å². The molecule has 0 aliphatic carbocycles. The first-order valence-corrected chi connectivity index (χ1v) is 9.84. The predicted octanol–water partition coefficient (Wildman–Crippen LogP) is 3.63. The molecular weight excluding hydrogens is 398 g/mol. The lowest BCUT2D eigenvalue weighted by Crippen LogP contribution is -2.17. The summed E-state index contributed by atoms with van der Waals surface area (Å²) in [6.07, 6.45) is 0.846. The van der Waals surface area contributed by atoms with Gasteiger partial charge in [0.15, 0.2) is 0 Å². The van der Waals surface area contributed by atoms with Crippen LogP contribution in [0.15, 0.2) is 41.2 Å². The number of para-hydroxylation sites is 1. The number of nitro benzene ring substituents is 1. The number of aromatic nitrogens is 3. The molecule has 3 N–H and O–H groups in total. The fourth-order valence-electron chi connectivity index (χ4n) is 4.08. The number of H-pyrrole nitrogens is 1. The number of pyridine rings is 1. The Morgan fingerprint density at radius 2 is 2.13 bits per heavy atom. The second kappa shape index (κ2) is 6.69. The first kappa shape index (κ1) is 18.9. The van der Waals surface area contributed by atoms with Crippen LogP contribution in [0.5, 0.6) is 5.75 Å². The Morgan fingerprint density at radius 3 is 2.87 bits per heavy atom. The monoisotopic (exact) mass is 417 g/mol. The van der Waals surface area contributed by atoms with Crippen LogP contribution in [0, 0.1) is 17.0 Å². The van der Waals surface area contributed by atoms with Crippen molar-refractivity contribution < 1.29 is 9.66 Å². The van der Waals surface area contributed by atoms with E-state index in [0.717, 1.165) is 23.2 Å². The number of nitrogens with one attached hydrogen (secondary N) is 1. The van der Waals surface area contributed by atoms with Crippen molar-refractivity contribution in [1.82, 2.24) is 14.8 Å². The third-order valence-corrected chi connectivity index (χ3v) is 5.68. The van der Waals surface area contributed by atoms with Crippen LogP contribution in [0.2, 0.25) is 0 Å². The number of nitrogens with zero attached hydrogens (tertiary/aromatic N) is 3. The van der Waals surface area contributed by atoms with E-state index >= 15 is 0 Å². The normalized spacial score (nSPS) is 12.3. The zero-order chi connectivity index (χ0) is 21.9. The zero-order valence-electron chi connectivity index (χ0n) is 16.9. The Hall–Kier alpha value is -4.14. The van der Waals surface area contributed by atoms with Crippen LogP contribution in [-0.4, -0.2) is 19.7 Å². The Morgan fingerprint density at radius 1 is 1.32 bits per heavy atom. The lowest BCUT2D eigenvalue weighted by Gasteiger charge is -2.20. The molecular formula is C22H19N5O4. The van der Waals surface area contributed by atoms with Crippen molar-refractivity contribution in [2.45, 2.75) is 26.9 Å². The summed E-state index contributed by atoms with van der Waals surface area (Å²) in [5.41, 5.74) is 10.7. The third-order valence-electron chi connectivity index (χ3n) is 5.68. The number of hydrogen-bond donors (Lipinski definition) is 2. The molecule has 0 spiro atoms. The molecule has 0 atom stereocenters. The molecule has 0 radical (unpaired) electrons. The molecule has 156 valence electrons. The molecule has 9 heteroatoms. The number of nitro groups is 1. The number of aryl methyl sites for hydroxylation is 2. The average molecular weight is 417 g/mol. The van der Waals surface area contributed by atoms with E-state index in [0.29, 0.717) is 22.3 Å². The highest BCUT2D eigenvalue weighted by molar-refractivity contribution is 6.02. The minimum absolute atomic E-state index is 0.00449. The average Bonchev–Trinajstić information content (AvgIpc) is 3.10. The molecule has 0 saturated heterocycles. The Kier molecular flexibility index (Phi) is 4.07. The topological polar surface area (TPSA) is 129 Å². The Balaban J connectivity index is 1.86. The van der Waals surface area contributed by atoms with Crippen molar-refractivity contribution in [3.8, 4) is 22.6 Å². The maximum atomic E-state index is 12.9. The summed E-state index contributed by atoms with van der Waals surface area (Å²) in [4.78, 5) is 26.7. The van der Waals surface area contributed by atoms with Crippen LogP contribution < -0.4 is 16.0 Å². The van der Waals surface area contributed by atoms with E-state index in [4.69, 9.17) is 15.6 Å². The number of benzene rings is 2. The predicted molar refractivity (Wildman–Crippen MR) is 117 cm³/mol. The summed E-state index contributed by atoms with van der Waals surface area (Å²) in [5.74, 6) is 0.375. The smallest absolute Gasteiger partial charge is 0.311 e. The molecule has 0 amide bonds. The largest absolute Gasteiger partial charge is 0.480 e. The highest BCUT2D eigenvalue weighted by Crippen LogP contribution is 2.45. The second-order valence-electron chi connectivity index (χ2n) is 7.50. The summed E-state index contributed by atoms with van der Waals surface area (Å²) in [6.45, 7) is 4.00. The number of anilines is 1. The van der Waals surface area contributed by atoms with Gasteiger partial charge in [-0.15, -0.1) is 0 Å². The van der Waals surface area contributed by atoms with Gasteiger partial charge in [0.25, 0.3) is 5.56 Å². The van der Waals surface area contributed by atoms with Crippen LogP contribution in [-0.2, 0) is 13.0 Å². The van der Waals surface area contributed by atoms with Gasteiger partial charge in [-0.05, 0) is 36.6 Å². The molecule has 1 aliphatic heterocycles. The quantitative estimate of drug-likeness (QED) is 0.387. The molecule has 0 fully saturated rings. The number of rotatable bonds is 3. The highest BCUT2D eigenvalue weighted by atomic mass is 16.6. The van der Waals surface area contributed by atoms with E-state index in [1.54, 1.807) is 16.8 Å². The summed E-state index contributed by atoms with van der Waals surface area (Å²) in [6, 6.07) is 10.7. The van der Waals surface area contributed by atoms with Gasteiger partial charge >= 0.3 is 5.69 Å². The molecule has 3 heterocycles. The van der Waals surface area contributed by atoms with Crippen molar-refractivity contribution in [2.24, 2.45) is 0 Å². The first-order chi connectivity index (χ1) is 14.9. The fraction of sp³-hybridized carbons (Fsp3) is 0.182. The van der Waals surface area contributed by atoms with Crippen LogP contribution in [0.3, 0.4) is 0 Å². The Labute approximate surface area is 176 Å². The van der Waals surface area contributed by atoms with Crippen LogP contribution in [0.25, 0.3) is 27.7 Å². The molecule has 0 unspecified atom stereocenters. The summed E-state index contributed by atoms with van der Waals surface area (Å²) in [7, 11) is 0. The molecule has 0 bridgehead atoms. The number of nitrogens with two attached hydrogens (primary N) is 1. The maximum absolute atomic E-state index is 12.9.